The van der Waals surface area contributed by atoms with Crippen LogP contribution in [0.25, 0.3) is 11.5 Å². The molecule has 4 nitrogen and oxygen atoms in total. The van der Waals surface area contributed by atoms with Crippen molar-refractivity contribution in [2.45, 2.75) is 5.22 Å². The van der Waals surface area contributed by atoms with Crippen molar-refractivity contribution in [1.82, 2.24) is 10.2 Å². The first-order valence-electron chi connectivity index (χ1n) is 6.73. The van der Waals surface area contributed by atoms with Crippen molar-refractivity contribution in [2.24, 2.45) is 0 Å². The van der Waals surface area contributed by atoms with Gasteiger partial charge in [0.25, 0.3) is 5.22 Å². The number of hydrogen-bond donors (Lipinski definition) is 0. The normalized spacial score (nSPS) is 10.8. The molecule has 24 heavy (non-hydrogen) atoms. The molecular formula is C16H9Cl3N2O2S. The van der Waals surface area contributed by atoms with Gasteiger partial charge in [-0.2, -0.15) is 0 Å². The minimum absolute atomic E-state index is 0.107. The second kappa shape index (κ2) is 7.57. The zero-order valence-corrected chi connectivity index (χ0v) is 15.1. The van der Waals surface area contributed by atoms with Crippen LogP contribution in [0, 0.1) is 0 Å². The maximum absolute atomic E-state index is 12.2. The van der Waals surface area contributed by atoms with Crippen molar-refractivity contribution in [3.63, 3.8) is 0 Å². The van der Waals surface area contributed by atoms with E-state index in [9.17, 15) is 4.79 Å². The molecule has 0 saturated heterocycles. The van der Waals surface area contributed by atoms with Gasteiger partial charge >= 0.3 is 0 Å². The Kier molecular flexibility index (Phi) is 5.46. The van der Waals surface area contributed by atoms with E-state index in [1.54, 1.807) is 42.5 Å². The quantitative estimate of drug-likeness (QED) is 0.408. The second-order valence-electron chi connectivity index (χ2n) is 4.72. The number of Topliss-reactive ketones (excluding diaryl/α,β-unsaturated/α-hetero) is 1. The largest absolute Gasteiger partial charge is 0.411 e. The van der Waals surface area contributed by atoms with Gasteiger partial charge in [0.1, 0.15) is 0 Å². The van der Waals surface area contributed by atoms with Crippen LogP contribution in [0.1, 0.15) is 10.4 Å². The minimum Gasteiger partial charge on any atom is -0.411 e. The molecule has 0 atom stereocenters. The molecule has 0 aliphatic rings. The van der Waals surface area contributed by atoms with Crippen LogP contribution in [0.5, 0.6) is 0 Å². The Morgan fingerprint density at radius 3 is 2.46 bits per heavy atom. The number of halogens is 3. The lowest BCUT2D eigenvalue weighted by molar-refractivity contribution is 0.102. The van der Waals surface area contributed by atoms with Gasteiger partial charge in [-0.1, -0.05) is 46.6 Å². The summed E-state index contributed by atoms with van der Waals surface area (Å²) < 4.78 is 5.54. The predicted molar refractivity (Wildman–Crippen MR) is 96.3 cm³/mol. The average Bonchev–Trinajstić information content (AvgIpc) is 3.05. The first kappa shape index (κ1) is 17.3. The molecule has 0 saturated carbocycles. The number of carbonyl (C=O) groups is 1. The number of rotatable bonds is 5. The van der Waals surface area contributed by atoms with Crippen LogP contribution in [0.3, 0.4) is 0 Å². The standard InChI is InChI=1S/C16H9Cl3N2O2S/c17-11-4-1-9(2-5-11)15-20-21-16(23-15)24-8-14(22)10-3-6-12(18)13(19)7-10/h1-7H,8H2. The highest BCUT2D eigenvalue weighted by Gasteiger charge is 2.13. The van der Waals surface area contributed by atoms with Crippen LogP contribution in [-0.2, 0) is 0 Å². The number of thioether (sulfide) groups is 1. The van der Waals surface area contributed by atoms with Crippen LogP contribution in [0.4, 0.5) is 0 Å². The lowest BCUT2D eigenvalue weighted by Crippen LogP contribution is -2.02. The highest BCUT2D eigenvalue weighted by Crippen LogP contribution is 2.26. The van der Waals surface area contributed by atoms with E-state index in [-0.39, 0.29) is 11.5 Å². The molecule has 122 valence electrons. The van der Waals surface area contributed by atoms with E-state index >= 15 is 0 Å². The highest BCUT2D eigenvalue weighted by atomic mass is 35.5. The monoisotopic (exact) mass is 398 g/mol. The molecule has 0 amide bonds. The highest BCUT2D eigenvalue weighted by molar-refractivity contribution is 7.99. The average molecular weight is 400 g/mol. The van der Waals surface area contributed by atoms with Crippen LogP contribution in [-0.4, -0.2) is 21.7 Å². The molecule has 0 spiro atoms. The Morgan fingerprint density at radius 1 is 1.00 bits per heavy atom. The third-order valence-corrected chi connectivity index (χ3v) is 4.88. The van der Waals surface area contributed by atoms with Gasteiger partial charge in [-0.3, -0.25) is 4.79 Å². The fraction of sp³-hybridized carbons (Fsp3) is 0.0625. The van der Waals surface area contributed by atoms with Crippen molar-refractivity contribution < 1.29 is 9.21 Å². The Hall–Kier alpha value is -1.53. The van der Waals surface area contributed by atoms with Crippen molar-refractivity contribution in [3.8, 4) is 11.5 Å². The fourth-order valence-corrected chi connectivity index (χ4v) is 2.94. The summed E-state index contributed by atoms with van der Waals surface area (Å²) in [5.41, 5.74) is 1.24. The maximum Gasteiger partial charge on any atom is 0.277 e. The molecule has 2 aromatic carbocycles. The van der Waals surface area contributed by atoms with Crippen molar-refractivity contribution in [1.29, 1.82) is 0 Å². The van der Waals surface area contributed by atoms with Gasteiger partial charge in [0, 0.05) is 16.1 Å². The number of hydrogen-bond acceptors (Lipinski definition) is 5. The van der Waals surface area contributed by atoms with E-state index in [4.69, 9.17) is 39.2 Å². The molecule has 0 fully saturated rings. The molecular weight excluding hydrogens is 391 g/mol. The second-order valence-corrected chi connectivity index (χ2v) is 6.90. The zero-order chi connectivity index (χ0) is 17.1. The molecule has 3 rings (SSSR count). The summed E-state index contributed by atoms with van der Waals surface area (Å²) in [6.07, 6.45) is 0. The third kappa shape index (κ3) is 4.11. The SMILES string of the molecule is O=C(CSc1nnc(-c2ccc(Cl)cc2)o1)c1ccc(Cl)c(Cl)c1. The molecule has 0 aliphatic carbocycles. The van der Waals surface area contributed by atoms with Gasteiger partial charge in [0.15, 0.2) is 5.78 Å². The minimum atomic E-state index is -0.107. The molecule has 3 aromatic rings. The number of benzene rings is 2. The molecule has 1 aromatic heterocycles. The Labute approximate surface area is 157 Å². The number of ketones is 1. The van der Waals surface area contributed by atoms with Gasteiger partial charge in [0.05, 0.1) is 15.8 Å². The zero-order valence-electron chi connectivity index (χ0n) is 12.0. The van der Waals surface area contributed by atoms with E-state index in [0.29, 0.717) is 31.7 Å². The van der Waals surface area contributed by atoms with Gasteiger partial charge in [-0.25, -0.2) is 0 Å². The molecule has 8 heteroatoms. The van der Waals surface area contributed by atoms with Crippen molar-refractivity contribution >= 4 is 52.3 Å². The van der Waals surface area contributed by atoms with Crippen molar-refractivity contribution in [3.05, 3.63) is 63.1 Å². The first-order chi connectivity index (χ1) is 11.5. The van der Waals surface area contributed by atoms with E-state index in [1.807, 2.05) is 0 Å². The summed E-state index contributed by atoms with van der Waals surface area (Å²) in [6, 6.07) is 11.8. The predicted octanol–water partition coefficient (Wildman–Crippen LogP) is 5.67. The van der Waals surface area contributed by atoms with Gasteiger partial charge < -0.3 is 4.42 Å². The number of aromatic nitrogens is 2. The maximum atomic E-state index is 12.2. The summed E-state index contributed by atoms with van der Waals surface area (Å²) in [7, 11) is 0. The number of nitrogens with zero attached hydrogens (tertiary/aromatic N) is 2. The Morgan fingerprint density at radius 2 is 1.75 bits per heavy atom. The van der Waals surface area contributed by atoms with Crippen LogP contribution in [0.15, 0.2) is 52.1 Å². The molecule has 0 unspecified atom stereocenters. The summed E-state index contributed by atoms with van der Waals surface area (Å²) in [6.45, 7) is 0. The molecule has 1 heterocycles. The van der Waals surface area contributed by atoms with E-state index < -0.39 is 0 Å². The summed E-state index contributed by atoms with van der Waals surface area (Å²) in [5.74, 6) is 0.418. The summed E-state index contributed by atoms with van der Waals surface area (Å²) in [4.78, 5) is 12.2. The lowest BCUT2D eigenvalue weighted by atomic mass is 10.1. The van der Waals surface area contributed by atoms with Crippen molar-refractivity contribution in [2.75, 3.05) is 5.75 Å². The van der Waals surface area contributed by atoms with E-state index in [0.717, 1.165) is 17.3 Å². The molecule has 0 aliphatic heterocycles. The molecule has 0 N–H and O–H groups in total. The Bertz CT molecular complexity index is 881. The van der Waals surface area contributed by atoms with Crippen LogP contribution < -0.4 is 0 Å². The molecule has 0 radical (unpaired) electrons. The number of carbonyl (C=O) groups excluding carboxylic acids is 1. The van der Waals surface area contributed by atoms with E-state index in [1.165, 1.54) is 0 Å². The van der Waals surface area contributed by atoms with Crippen LogP contribution in [0.2, 0.25) is 15.1 Å². The van der Waals surface area contributed by atoms with Gasteiger partial charge in [-0.15, -0.1) is 10.2 Å². The van der Waals surface area contributed by atoms with Gasteiger partial charge in [-0.05, 0) is 42.5 Å². The molecule has 0 bridgehead atoms. The van der Waals surface area contributed by atoms with E-state index in [2.05, 4.69) is 10.2 Å². The lowest BCUT2D eigenvalue weighted by Gasteiger charge is -2.01. The summed E-state index contributed by atoms with van der Waals surface area (Å²) >= 11 is 18.8. The summed E-state index contributed by atoms with van der Waals surface area (Å²) in [5, 5.41) is 9.58. The fourth-order valence-electron chi connectivity index (χ4n) is 1.86. The first-order valence-corrected chi connectivity index (χ1v) is 8.85. The van der Waals surface area contributed by atoms with Crippen LogP contribution >= 0.6 is 46.6 Å². The topological polar surface area (TPSA) is 56.0 Å². The third-order valence-electron chi connectivity index (χ3n) is 3.07. The Balaban J connectivity index is 1.65. The smallest absolute Gasteiger partial charge is 0.277 e. The van der Waals surface area contributed by atoms with Gasteiger partial charge in [0.2, 0.25) is 5.89 Å².